The van der Waals surface area contributed by atoms with Crippen molar-refractivity contribution in [2.75, 3.05) is 33.2 Å². The van der Waals surface area contributed by atoms with Crippen LogP contribution in [-0.2, 0) is 16.0 Å². The molecule has 0 aliphatic rings. The molecule has 0 aromatic heterocycles. The fourth-order valence-corrected chi connectivity index (χ4v) is 2.55. The van der Waals surface area contributed by atoms with E-state index in [1.54, 1.807) is 32.4 Å². The van der Waals surface area contributed by atoms with E-state index in [9.17, 15) is 9.59 Å². The summed E-state index contributed by atoms with van der Waals surface area (Å²) in [7, 11) is 4.65. The number of benzene rings is 2. The number of nitrogens with one attached hydrogen (secondary N) is 2. The number of carbonyl (C=O) groups is 2. The van der Waals surface area contributed by atoms with Crippen molar-refractivity contribution in [2.24, 2.45) is 0 Å². The maximum absolute atomic E-state index is 12.1. The first-order chi connectivity index (χ1) is 13.1. The molecular formula is C20H24N2O5. The Hall–Kier alpha value is -3.22. The van der Waals surface area contributed by atoms with Gasteiger partial charge in [-0.1, -0.05) is 18.2 Å². The predicted octanol–water partition coefficient (Wildman–Crippen LogP) is 2.40. The molecule has 0 bridgehead atoms. The summed E-state index contributed by atoms with van der Waals surface area (Å²) < 4.78 is 15.6. The third-order valence-electron chi connectivity index (χ3n) is 3.91. The zero-order valence-corrected chi connectivity index (χ0v) is 15.7. The van der Waals surface area contributed by atoms with Gasteiger partial charge in [-0.05, 0) is 30.2 Å². The average molecular weight is 372 g/mol. The number of carbonyl (C=O) groups excluding carboxylic acids is 2. The Morgan fingerprint density at radius 1 is 0.889 bits per heavy atom. The smallest absolute Gasteiger partial charge is 0.233 e. The van der Waals surface area contributed by atoms with Crippen LogP contribution in [0.25, 0.3) is 0 Å². The molecule has 144 valence electrons. The summed E-state index contributed by atoms with van der Waals surface area (Å²) in [5, 5.41) is 5.41. The van der Waals surface area contributed by atoms with E-state index in [0.717, 1.165) is 11.3 Å². The van der Waals surface area contributed by atoms with Gasteiger partial charge in [0.1, 0.15) is 23.7 Å². The van der Waals surface area contributed by atoms with Gasteiger partial charge < -0.3 is 24.8 Å². The topological polar surface area (TPSA) is 85.9 Å². The first-order valence-corrected chi connectivity index (χ1v) is 8.47. The number of ether oxygens (including phenoxy) is 3. The maximum Gasteiger partial charge on any atom is 0.233 e. The molecule has 2 amide bonds. The van der Waals surface area contributed by atoms with E-state index >= 15 is 0 Å². The Kier molecular flexibility index (Phi) is 7.49. The van der Waals surface area contributed by atoms with Crippen molar-refractivity contribution in [2.45, 2.75) is 12.8 Å². The molecule has 0 saturated heterocycles. The van der Waals surface area contributed by atoms with E-state index in [1.165, 1.54) is 7.11 Å². The molecule has 0 atom stereocenters. The lowest BCUT2D eigenvalue weighted by Crippen LogP contribution is -2.29. The molecule has 0 unspecified atom stereocenters. The molecule has 0 aliphatic heterocycles. The Balaban J connectivity index is 1.83. The zero-order valence-electron chi connectivity index (χ0n) is 15.7. The van der Waals surface area contributed by atoms with Crippen LogP contribution in [0, 0.1) is 0 Å². The van der Waals surface area contributed by atoms with Crippen molar-refractivity contribution in [3.8, 4) is 17.2 Å². The minimum Gasteiger partial charge on any atom is -0.497 e. The van der Waals surface area contributed by atoms with E-state index in [2.05, 4.69) is 10.6 Å². The standard InChI is InChI=1S/C20H24N2O5/c1-25-15-8-9-16(18(12-15)27-3)22-20(24)13-19(23)21-11-10-14-6-4-5-7-17(14)26-2/h4-9,12H,10-11,13H2,1-3H3,(H,21,23)(H,22,24). The van der Waals surface area contributed by atoms with Gasteiger partial charge in [-0.25, -0.2) is 0 Å². The molecule has 0 spiro atoms. The van der Waals surface area contributed by atoms with Gasteiger partial charge in [0, 0.05) is 12.6 Å². The fraction of sp³-hybridized carbons (Fsp3) is 0.300. The highest BCUT2D eigenvalue weighted by atomic mass is 16.5. The van der Waals surface area contributed by atoms with Crippen LogP contribution < -0.4 is 24.8 Å². The number of amides is 2. The van der Waals surface area contributed by atoms with Crippen molar-refractivity contribution in [3.05, 3.63) is 48.0 Å². The van der Waals surface area contributed by atoms with Gasteiger partial charge in [0.2, 0.25) is 11.8 Å². The summed E-state index contributed by atoms with van der Waals surface area (Å²) in [6.45, 7) is 0.415. The molecule has 27 heavy (non-hydrogen) atoms. The van der Waals surface area contributed by atoms with E-state index in [1.807, 2.05) is 24.3 Å². The summed E-state index contributed by atoms with van der Waals surface area (Å²) in [5.74, 6) is 1.07. The third kappa shape index (κ3) is 5.91. The Bertz CT molecular complexity index is 792. The number of hydrogen-bond donors (Lipinski definition) is 2. The van der Waals surface area contributed by atoms with Crippen LogP contribution >= 0.6 is 0 Å². The molecule has 0 heterocycles. The second kappa shape index (κ2) is 10.1. The van der Waals surface area contributed by atoms with Crippen molar-refractivity contribution in [3.63, 3.8) is 0 Å². The molecular weight excluding hydrogens is 348 g/mol. The zero-order chi connectivity index (χ0) is 19.6. The average Bonchev–Trinajstić information content (AvgIpc) is 2.68. The largest absolute Gasteiger partial charge is 0.497 e. The van der Waals surface area contributed by atoms with Crippen molar-refractivity contribution >= 4 is 17.5 Å². The molecule has 2 aromatic carbocycles. The number of hydrogen-bond acceptors (Lipinski definition) is 5. The van der Waals surface area contributed by atoms with Gasteiger partial charge >= 0.3 is 0 Å². The van der Waals surface area contributed by atoms with Crippen molar-refractivity contribution in [1.82, 2.24) is 5.32 Å². The Morgan fingerprint density at radius 3 is 2.33 bits per heavy atom. The van der Waals surface area contributed by atoms with E-state index in [0.29, 0.717) is 30.2 Å². The SMILES string of the molecule is COc1ccc(NC(=O)CC(=O)NCCc2ccccc2OC)c(OC)c1. The number of para-hydroxylation sites is 1. The first kappa shape index (κ1) is 20.1. The lowest BCUT2D eigenvalue weighted by atomic mass is 10.1. The second-order valence-electron chi connectivity index (χ2n) is 5.70. The van der Waals surface area contributed by atoms with Gasteiger partial charge in [0.15, 0.2) is 0 Å². The van der Waals surface area contributed by atoms with Crippen LogP contribution in [0.5, 0.6) is 17.2 Å². The summed E-state index contributed by atoms with van der Waals surface area (Å²) in [4.78, 5) is 24.1. The van der Waals surface area contributed by atoms with Crippen LogP contribution in [0.3, 0.4) is 0 Å². The highest BCUT2D eigenvalue weighted by Gasteiger charge is 2.13. The van der Waals surface area contributed by atoms with Crippen molar-refractivity contribution in [1.29, 1.82) is 0 Å². The first-order valence-electron chi connectivity index (χ1n) is 8.47. The molecule has 0 fully saturated rings. The molecule has 2 rings (SSSR count). The number of rotatable bonds is 9. The summed E-state index contributed by atoms with van der Waals surface area (Å²) in [6, 6.07) is 12.6. The van der Waals surface area contributed by atoms with E-state index in [-0.39, 0.29) is 12.3 Å². The van der Waals surface area contributed by atoms with E-state index < -0.39 is 5.91 Å². The monoisotopic (exact) mass is 372 g/mol. The minimum absolute atomic E-state index is 0.277. The summed E-state index contributed by atoms with van der Waals surface area (Å²) in [5.41, 5.74) is 1.47. The second-order valence-corrected chi connectivity index (χ2v) is 5.70. The molecule has 0 radical (unpaired) electrons. The quantitative estimate of drug-likeness (QED) is 0.660. The van der Waals surface area contributed by atoms with Crippen LogP contribution in [0.2, 0.25) is 0 Å². The number of anilines is 1. The molecule has 7 nitrogen and oxygen atoms in total. The van der Waals surface area contributed by atoms with Gasteiger partial charge in [0.25, 0.3) is 0 Å². The van der Waals surface area contributed by atoms with Crippen LogP contribution in [0.4, 0.5) is 5.69 Å². The lowest BCUT2D eigenvalue weighted by Gasteiger charge is -2.12. The Morgan fingerprint density at radius 2 is 1.63 bits per heavy atom. The predicted molar refractivity (Wildman–Crippen MR) is 103 cm³/mol. The normalized spacial score (nSPS) is 10.0. The molecule has 2 N–H and O–H groups in total. The van der Waals surface area contributed by atoms with E-state index in [4.69, 9.17) is 14.2 Å². The molecule has 7 heteroatoms. The van der Waals surface area contributed by atoms with Gasteiger partial charge in [-0.2, -0.15) is 0 Å². The fourth-order valence-electron chi connectivity index (χ4n) is 2.55. The van der Waals surface area contributed by atoms with Gasteiger partial charge in [-0.15, -0.1) is 0 Å². The van der Waals surface area contributed by atoms with Gasteiger partial charge in [-0.3, -0.25) is 9.59 Å². The summed E-state index contributed by atoms with van der Waals surface area (Å²) in [6.07, 6.45) is 0.338. The van der Waals surface area contributed by atoms with Crippen LogP contribution in [0.1, 0.15) is 12.0 Å². The van der Waals surface area contributed by atoms with Gasteiger partial charge in [0.05, 0.1) is 27.0 Å². The van der Waals surface area contributed by atoms with Crippen LogP contribution in [-0.4, -0.2) is 39.7 Å². The highest BCUT2D eigenvalue weighted by Crippen LogP contribution is 2.29. The van der Waals surface area contributed by atoms with Crippen molar-refractivity contribution < 1.29 is 23.8 Å². The Labute approximate surface area is 158 Å². The number of methoxy groups -OCH3 is 3. The van der Waals surface area contributed by atoms with Crippen LogP contribution in [0.15, 0.2) is 42.5 Å². The molecule has 0 saturated carbocycles. The maximum atomic E-state index is 12.1. The molecule has 0 aliphatic carbocycles. The molecule has 2 aromatic rings. The summed E-state index contributed by atoms with van der Waals surface area (Å²) >= 11 is 0. The highest BCUT2D eigenvalue weighted by molar-refractivity contribution is 6.04. The third-order valence-corrected chi connectivity index (χ3v) is 3.91. The minimum atomic E-state index is -0.423. The lowest BCUT2D eigenvalue weighted by molar-refractivity contribution is -0.126.